The van der Waals surface area contributed by atoms with Gasteiger partial charge in [-0.15, -0.1) is 0 Å². The summed E-state index contributed by atoms with van der Waals surface area (Å²) >= 11 is 0. The Kier molecular flexibility index (Phi) is 4.41. The van der Waals surface area contributed by atoms with E-state index in [1.165, 1.54) is 43.4 Å². The number of nitrogens with zero attached hydrogens (tertiary/aromatic N) is 3. The number of morpholine rings is 1. The minimum absolute atomic E-state index is 0.360. The van der Waals surface area contributed by atoms with E-state index in [4.69, 9.17) is 9.84 Å². The average Bonchev–Trinajstić information content (AvgIpc) is 2.80. The third-order valence-corrected chi connectivity index (χ3v) is 4.65. The number of aromatic nitrogens is 2. The lowest BCUT2D eigenvalue weighted by Crippen LogP contribution is -2.40. The first-order valence-electron chi connectivity index (χ1n) is 8.09. The molecule has 2 fully saturated rings. The van der Waals surface area contributed by atoms with Crippen LogP contribution in [0.3, 0.4) is 0 Å². The fourth-order valence-corrected chi connectivity index (χ4v) is 3.67. The highest BCUT2D eigenvalue weighted by Gasteiger charge is 2.24. The zero-order valence-electron chi connectivity index (χ0n) is 12.8. The zero-order valence-corrected chi connectivity index (χ0v) is 12.8. The highest BCUT2D eigenvalue weighted by molar-refractivity contribution is 5.21. The first-order chi connectivity index (χ1) is 9.72. The first-order valence-corrected chi connectivity index (χ1v) is 8.09. The standard InChI is InChI=1S/C16H27N3O/c1-13-10-19(8-9-20-13)12-15-11-18(2)17-16(15)14-6-4-3-5-7-14/h11,13-14H,3-10,12H2,1-2H3/t13-/m0/s1. The van der Waals surface area contributed by atoms with Gasteiger partial charge in [0.25, 0.3) is 0 Å². The quantitative estimate of drug-likeness (QED) is 0.851. The van der Waals surface area contributed by atoms with Crippen molar-refractivity contribution >= 4 is 0 Å². The van der Waals surface area contributed by atoms with E-state index >= 15 is 0 Å². The van der Waals surface area contributed by atoms with Crippen molar-refractivity contribution < 1.29 is 4.74 Å². The molecule has 1 atom stereocenters. The van der Waals surface area contributed by atoms with E-state index in [9.17, 15) is 0 Å². The van der Waals surface area contributed by atoms with Crippen LogP contribution in [0, 0.1) is 0 Å². The fraction of sp³-hybridized carbons (Fsp3) is 0.812. The molecule has 4 nitrogen and oxygen atoms in total. The summed E-state index contributed by atoms with van der Waals surface area (Å²) in [4.78, 5) is 2.51. The molecular formula is C16H27N3O. The molecule has 4 heteroatoms. The SMILES string of the molecule is C[C@H]1CN(Cc2cn(C)nc2C2CCCCC2)CCO1. The second kappa shape index (κ2) is 6.27. The van der Waals surface area contributed by atoms with Crippen LogP contribution in [0.5, 0.6) is 0 Å². The molecule has 1 aromatic rings. The molecule has 0 N–H and O–H groups in total. The van der Waals surface area contributed by atoms with Gasteiger partial charge in [-0.3, -0.25) is 9.58 Å². The summed E-state index contributed by atoms with van der Waals surface area (Å²) in [5, 5.41) is 4.78. The van der Waals surface area contributed by atoms with Crippen LogP contribution in [-0.4, -0.2) is 40.5 Å². The van der Waals surface area contributed by atoms with Gasteiger partial charge in [0.05, 0.1) is 18.4 Å². The van der Waals surface area contributed by atoms with E-state index < -0.39 is 0 Å². The predicted molar refractivity (Wildman–Crippen MR) is 79.7 cm³/mol. The van der Waals surface area contributed by atoms with Gasteiger partial charge in [-0.2, -0.15) is 5.10 Å². The molecule has 1 aliphatic carbocycles. The van der Waals surface area contributed by atoms with Crippen molar-refractivity contribution in [3.8, 4) is 0 Å². The van der Waals surface area contributed by atoms with Gasteiger partial charge in [-0.1, -0.05) is 19.3 Å². The fourth-order valence-electron chi connectivity index (χ4n) is 3.67. The Morgan fingerprint density at radius 1 is 1.30 bits per heavy atom. The van der Waals surface area contributed by atoms with Gasteiger partial charge in [0.1, 0.15) is 0 Å². The van der Waals surface area contributed by atoms with E-state index in [2.05, 4.69) is 25.1 Å². The van der Waals surface area contributed by atoms with Crippen molar-refractivity contribution in [1.29, 1.82) is 0 Å². The molecule has 0 unspecified atom stereocenters. The second-order valence-electron chi connectivity index (χ2n) is 6.46. The molecule has 0 bridgehead atoms. The van der Waals surface area contributed by atoms with Crippen LogP contribution in [0.4, 0.5) is 0 Å². The lowest BCUT2D eigenvalue weighted by molar-refractivity contribution is -0.0213. The minimum Gasteiger partial charge on any atom is -0.376 e. The van der Waals surface area contributed by atoms with Gasteiger partial charge < -0.3 is 4.74 Å². The topological polar surface area (TPSA) is 30.3 Å². The molecular weight excluding hydrogens is 250 g/mol. The summed E-state index contributed by atoms with van der Waals surface area (Å²) in [7, 11) is 2.05. The molecule has 1 aromatic heterocycles. The Hall–Kier alpha value is -0.870. The van der Waals surface area contributed by atoms with Crippen LogP contribution in [0.25, 0.3) is 0 Å². The van der Waals surface area contributed by atoms with Crippen molar-refractivity contribution in [3.63, 3.8) is 0 Å². The molecule has 1 saturated heterocycles. The predicted octanol–water partition coefficient (Wildman–Crippen LogP) is 2.69. The first kappa shape index (κ1) is 14.1. The lowest BCUT2D eigenvalue weighted by Gasteiger charge is -2.31. The Morgan fingerprint density at radius 3 is 2.85 bits per heavy atom. The van der Waals surface area contributed by atoms with E-state index in [-0.39, 0.29) is 0 Å². The third kappa shape index (κ3) is 3.23. The average molecular weight is 277 g/mol. The van der Waals surface area contributed by atoms with E-state index in [1.807, 2.05) is 4.68 Å². The molecule has 2 aliphatic rings. The Bertz CT molecular complexity index is 437. The van der Waals surface area contributed by atoms with Crippen LogP contribution in [0.1, 0.15) is 56.2 Å². The number of rotatable bonds is 3. The zero-order chi connectivity index (χ0) is 13.9. The smallest absolute Gasteiger partial charge is 0.0700 e. The molecule has 112 valence electrons. The summed E-state index contributed by atoms with van der Waals surface area (Å²) in [6, 6.07) is 0. The minimum atomic E-state index is 0.360. The van der Waals surface area contributed by atoms with Crippen molar-refractivity contribution in [2.24, 2.45) is 7.05 Å². The monoisotopic (exact) mass is 277 g/mol. The maximum Gasteiger partial charge on any atom is 0.0700 e. The maximum atomic E-state index is 5.64. The molecule has 0 amide bonds. The molecule has 20 heavy (non-hydrogen) atoms. The van der Waals surface area contributed by atoms with Gasteiger partial charge in [0, 0.05) is 44.4 Å². The number of ether oxygens (including phenoxy) is 1. The van der Waals surface area contributed by atoms with Crippen LogP contribution >= 0.6 is 0 Å². The van der Waals surface area contributed by atoms with Gasteiger partial charge in [-0.25, -0.2) is 0 Å². The molecule has 0 aromatic carbocycles. The number of aryl methyl sites for hydroxylation is 1. The van der Waals surface area contributed by atoms with Crippen molar-refractivity contribution in [2.45, 2.75) is 57.6 Å². The maximum absolute atomic E-state index is 5.64. The summed E-state index contributed by atoms with van der Waals surface area (Å²) in [6.07, 6.45) is 9.37. The largest absolute Gasteiger partial charge is 0.376 e. The lowest BCUT2D eigenvalue weighted by atomic mass is 9.85. The number of hydrogen-bond donors (Lipinski definition) is 0. The third-order valence-electron chi connectivity index (χ3n) is 4.65. The van der Waals surface area contributed by atoms with Crippen LogP contribution in [0.2, 0.25) is 0 Å². The van der Waals surface area contributed by atoms with Crippen molar-refractivity contribution in [1.82, 2.24) is 14.7 Å². The molecule has 0 radical (unpaired) electrons. The van der Waals surface area contributed by atoms with Crippen LogP contribution in [0.15, 0.2) is 6.20 Å². The van der Waals surface area contributed by atoms with E-state index in [0.717, 1.165) is 26.2 Å². The molecule has 3 rings (SSSR count). The molecule has 1 saturated carbocycles. The normalized spacial score (nSPS) is 26.0. The second-order valence-corrected chi connectivity index (χ2v) is 6.46. The van der Waals surface area contributed by atoms with Gasteiger partial charge >= 0.3 is 0 Å². The highest BCUT2D eigenvalue weighted by Crippen LogP contribution is 2.33. The number of hydrogen-bond acceptors (Lipinski definition) is 3. The van der Waals surface area contributed by atoms with Crippen LogP contribution in [-0.2, 0) is 18.3 Å². The van der Waals surface area contributed by atoms with Crippen molar-refractivity contribution in [2.75, 3.05) is 19.7 Å². The van der Waals surface area contributed by atoms with Gasteiger partial charge in [-0.05, 0) is 19.8 Å². The Balaban J connectivity index is 1.71. The molecule has 1 aliphatic heterocycles. The summed E-state index contributed by atoms with van der Waals surface area (Å²) in [6.45, 7) is 6.15. The Labute approximate surface area is 122 Å². The highest BCUT2D eigenvalue weighted by atomic mass is 16.5. The Morgan fingerprint density at radius 2 is 2.10 bits per heavy atom. The van der Waals surface area contributed by atoms with E-state index in [0.29, 0.717) is 12.0 Å². The summed E-state index contributed by atoms with van der Waals surface area (Å²) < 4.78 is 7.64. The van der Waals surface area contributed by atoms with Gasteiger partial charge in [0.2, 0.25) is 0 Å². The van der Waals surface area contributed by atoms with Gasteiger partial charge in [0.15, 0.2) is 0 Å². The summed E-state index contributed by atoms with van der Waals surface area (Å²) in [5.41, 5.74) is 2.81. The van der Waals surface area contributed by atoms with E-state index in [1.54, 1.807) is 0 Å². The van der Waals surface area contributed by atoms with Crippen molar-refractivity contribution in [3.05, 3.63) is 17.5 Å². The molecule has 2 heterocycles. The molecule has 0 spiro atoms. The summed E-state index contributed by atoms with van der Waals surface area (Å²) in [5.74, 6) is 0.693. The van der Waals surface area contributed by atoms with Crippen LogP contribution < -0.4 is 0 Å².